The molecule has 0 aliphatic carbocycles. The highest BCUT2D eigenvalue weighted by Gasteiger charge is 2.40. The Balaban J connectivity index is 0.00000240. The molecule has 7 nitrogen and oxygen atoms in total. The number of benzene rings is 1. The van der Waals surface area contributed by atoms with E-state index in [9.17, 15) is 8.42 Å². The van der Waals surface area contributed by atoms with E-state index < -0.39 is 10.0 Å². The monoisotopic (exact) mass is 433 g/mol. The third-order valence-electron chi connectivity index (χ3n) is 5.39. The van der Waals surface area contributed by atoms with Gasteiger partial charge in [-0.25, -0.2) is 18.1 Å². The Hall–Kier alpha value is -2.26. The summed E-state index contributed by atoms with van der Waals surface area (Å²) < 4.78 is 29.8. The first-order chi connectivity index (χ1) is 13.5. The first-order valence-corrected chi connectivity index (χ1v) is 10.7. The van der Waals surface area contributed by atoms with Crippen LogP contribution in [-0.2, 0) is 10.0 Å². The van der Waals surface area contributed by atoms with Crippen molar-refractivity contribution in [2.75, 3.05) is 19.6 Å². The molecule has 1 aliphatic heterocycles. The third kappa shape index (κ3) is 3.93. The Bertz CT molecular complexity index is 1060. The average molecular weight is 434 g/mol. The van der Waals surface area contributed by atoms with Crippen molar-refractivity contribution >= 4 is 22.4 Å². The highest BCUT2D eigenvalue weighted by Crippen LogP contribution is 2.35. The van der Waals surface area contributed by atoms with Crippen molar-refractivity contribution in [1.82, 2.24) is 19.1 Å². The van der Waals surface area contributed by atoms with Crippen LogP contribution in [0, 0.1) is 12.8 Å². The fourth-order valence-electron chi connectivity index (χ4n) is 3.84. The molecule has 0 spiro atoms. The second kappa shape index (κ2) is 8.62. The van der Waals surface area contributed by atoms with Gasteiger partial charge in [-0.1, -0.05) is 36.4 Å². The molecule has 154 valence electrons. The van der Waals surface area contributed by atoms with Gasteiger partial charge in [0.15, 0.2) is 5.82 Å². The molecule has 2 aromatic heterocycles. The van der Waals surface area contributed by atoms with Gasteiger partial charge in [-0.2, -0.15) is 9.40 Å². The highest BCUT2D eigenvalue weighted by atomic mass is 35.5. The van der Waals surface area contributed by atoms with E-state index >= 15 is 0 Å². The number of rotatable bonds is 5. The molecule has 9 heteroatoms. The quantitative estimate of drug-likeness (QED) is 0.666. The molecule has 2 atom stereocenters. The van der Waals surface area contributed by atoms with Crippen molar-refractivity contribution in [2.45, 2.75) is 17.7 Å². The number of pyridine rings is 1. The molecule has 0 saturated carbocycles. The van der Waals surface area contributed by atoms with Crippen LogP contribution in [0.15, 0.2) is 65.8 Å². The van der Waals surface area contributed by atoms with E-state index in [0.717, 1.165) is 5.56 Å². The normalized spacial score (nSPS) is 19.8. The number of nitrogens with two attached hydrogens (primary N) is 1. The Labute approximate surface area is 177 Å². The van der Waals surface area contributed by atoms with Crippen LogP contribution < -0.4 is 5.73 Å². The Morgan fingerprint density at radius 1 is 1.10 bits per heavy atom. The maximum atomic E-state index is 13.3. The molecule has 2 N–H and O–H groups in total. The molecule has 4 rings (SSSR count). The lowest BCUT2D eigenvalue weighted by molar-refractivity contribution is 0.458. The summed E-state index contributed by atoms with van der Waals surface area (Å²) in [4.78, 5) is 4.47. The first kappa shape index (κ1) is 21.4. The van der Waals surface area contributed by atoms with Crippen LogP contribution in [-0.4, -0.2) is 47.1 Å². The molecule has 0 unspecified atom stereocenters. The first-order valence-electron chi connectivity index (χ1n) is 9.23. The van der Waals surface area contributed by atoms with E-state index in [0.29, 0.717) is 31.1 Å². The van der Waals surface area contributed by atoms with Crippen LogP contribution in [0.25, 0.3) is 5.82 Å². The lowest BCUT2D eigenvalue weighted by Crippen LogP contribution is -2.30. The third-order valence-corrected chi connectivity index (χ3v) is 7.32. The molecule has 29 heavy (non-hydrogen) atoms. The van der Waals surface area contributed by atoms with E-state index in [1.165, 1.54) is 10.5 Å². The van der Waals surface area contributed by atoms with Crippen molar-refractivity contribution < 1.29 is 8.42 Å². The summed E-state index contributed by atoms with van der Waals surface area (Å²) >= 11 is 0. The predicted molar refractivity (Wildman–Crippen MR) is 114 cm³/mol. The molecular weight excluding hydrogens is 410 g/mol. The summed E-state index contributed by atoms with van der Waals surface area (Å²) in [5, 5.41) is 4.26. The molecule has 0 radical (unpaired) electrons. The minimum absolute atomic E-state index is 0. The van der Waals surface area contributed by atoms with Gasteiger partial charge in [-0.15, -0.1) is 12.4 Å². The van der Waals surface area contributed by atoms with Gasteiger partial charge >= 0.3 is 0 Å². The molecular formula is C20H24ClN5O2S. The molecule has 1 aliphatic rings. The van der Waals surface area contributed by atoms with Crippen LogP contribution in [0.1, 0.15) is 17.2 Å². The van der Waals surface area contributed by atoms with Gasteiger partial charge in [0.25, 0.3) is 0 Å². The van der Waals surface area contributed by atoms with Gasteiger partial charge in [0.05, 0.1) is 11.9 Å². The SMILES string of the molecule is Cc1c(S(=O)(=O)N2C[C@@H](CN)[C@H](c3ccccc3)C2)cnn1-c1ccccn1.Cl. The molecule has 3 heterocycles. The number of hydrogen-bond acceptors (Lipinski definition) is 5. The molecule has 0 amide bonds. The van der Waals surface area contributed by atoms with Crippen LogP contribution in [0.4, 0.5) is 0 Å². The van der Waals surface area contributed by atoms with E-state index in [-0.39, 0.29) is 29.1 Å². The molecule has 1 saturated heterocycles. The maximum Gasteiger partial charge on any atom is 0.246 e. The molecule has 1 fully saturated rings. The summed E-state index contributed by atoms with van der Waals surface area (Å²) in [6.45, 7) is 3.02. The van der Waals surface area contributed by atoms with E-state index in [2.05, 4.69) is 10.1 Å². The molecule has 3 aromatic rings. The van der Waals surface area contributed by atoms with Gasteiger partial charge in [0.1, 0.15) is 4.90 Å². The summed E-state index contributed by atoms with van der Waals surface area (Å²) in [6.07, 6.45) is 3.06. The predicted octanol–water partition coefficient (Wildman–Crippen LogP) is 2.36. The number of aromatic nitrogens is 3. The second-order valence-corrected chi connectivity index (χ2v) is 8.94. The Kier molecular flexibility index (Phi) is 6.38. The Morgan fingerprint density at radius 3 is 2.48 bits per heavy atom. The van der Waals surface area contributed by atoms with Crippen molar-refractivity contribution in [2.24, 2.45) is 11.7 Å². The summed E-state index contributed by atoms with van der Waals surface area (Å²) in [7, 11) is -3.67. The van der Waals surface area contributed by atoms with Crippen molar-refractivity contribution in [3.63, 3.8) is 0 Å². The lowest BCUT2D eigenvalue weighted by Gasteiger charge is -2.17. The minimum Gasteiger partial charge on any atom is -0.330 e. The van der Waals surface area contributed by atoms with E-state index in [1.54, 1.807) is 29.9 Å². The fraction of sp³-hybridized carbons (Fsp3) is 0.300. The van der Waals surface area contributed by atoms with Crippen LogP contribution >= 0.6 is 12.4 Å². The highest BCUT2D eigenvalue weighted by molar-refractivity contribution is 7.89. The van der Waals surface area contributed by atoms with E-state index in [1.807, 2.05) is 36.4 Å². The largest absolute Gasteiger partial charge is 0.330 e. The average Bonchev–Trinajstić information content (AvgIpc) is 3.34. The number of nitrogens with zero attached hydrogens (tertiary/aromatic N) is 4. The zero-order chi connectivity index (χ0) is 19.7. The minimum atomic E-state index is -3.67. The molecule has 1 aromatic carbocycles. The smallest absolute Gasteiger partial charge is 0.246 e. The van der Waals surface area contributed by atoms with Gasteiger partial charge in [-0.3, -0.25) is 0 Å². The van der Waals surface area contributed by atoms with Crippen molar-refractivity contribution in [3.8, 4) is 5.82 Å². The lowest BCUT2D eigenvalue weighted by atomic mass is 9.89. The molecule has 0 bridgehead atoms. The van der Waals surface area contributed by atoms with Gasteiger partial charge < -0.3 is 5.73 Å². The second-order valence-electron chi connectivity index (χ2n) is 7.03. The summed E-state index contributed by atoms with van der Waals surface area (Å²) in [5.74, 6) is 0.764. The van der Waals surface area contributed by atoms with Gasteiger partial charge in [0, 0.05) is 25.2 Å². The summed E-state index contributed by atoms with van der Waals surface area (Å²) in [5.41, 5.74) is 7.64. The van der Waals surface area contributed by atoms with E-state index in [4.69, 9.17) is 5.73 Å². The summed E-state index contributed by atoms with van der Waals surface area (Å²) in [6, 6.07) is 15.4. The van der Waals surface area contributed by atoms with Crippen molar-refractivity contribution in [3.05, 3.63) is 72.2 Å². The number of halogens is 1. The maximum absolute atomic E-state index is 13.3. The zero-order valence-corrected chi connectivity index (χ0v) is 17.7. The van der Waals surface area contributed by atoms with Crippen LogP contribution in [0.2, 0.25) is 0 Å². The zero-order valence-electron chi connectivity index (χ0n) is 16.0. The van der Waals surface area contributed by atoms with Crippen molar-refractivity contribution in [1.29, 1.82) is 0 Å². The van der Waals surface area contributed by atoms with Crippen LogP contribution in [0.5, 0.6) is 0 Å². The topological polar surface area (TPSA) is 94.1 Å². The van der Waals surface area contributed by atoms with Crippen LogP contribution in [0.3, 0.4) is 0 Å². The fourth-order valence-corrected chi connectivity index (χ4v) is 5.50. The van der Waals surface area contributed by atoms with Gasteiger partial charge in [-0.05, 0) is 37.1 Å². The van der Waals surface area contributed by atoms with Gasteiger partial charge in [0.2, 0.25) is 10.0 Å². The Morgan fingerprint density at radius 2 is 1.83 bits per heavy atom. The number of sulfonamides is 1. The number of hydrogen-bond donors (Lipinski definition) is 1. The standard InChI is InChI=1S/C20H23N5O2S.ClH/c1-15-19(12-23-25(15)20-9-5-6-10-22-20)28(26,27)24-13-17(11-21)18(14-24)16-7-3-2-4-8-16;/h2-10,12,17-18H,11,13-14,21H2,1H3;1H/t17-,18+;/m1./s1.